The lowest BCUT2D eigenvalue weighted by Crippen LogP contribution is -2.53. The molecule has 0 saturated carbocycles. The predicted molar refractivity (Wildman–Crippen MR) is 117 cm³/mol. The number of hydrogen-bond donors (Lipinski definition) is 2. The fourth-order valence-electron chi connectivity index (χ4n) is 3.12. The molecule has 0 fully saturated rings. The first-order chi connectivity index (χ1) is 15.3. The van der Waals surface area contributed by atoms with Crippen LogP contribution < -0.4 is 10.6 Å². The molecule has 8 heteroatoms. The number of esters is 1. The lowest BCUT2D eigenvalue weighted by molar-refractivity contribution is -0.145. The fourth-order valence-corrected chi connectivity index (χ4v) is 3.12. The minimum atomic E-state index is -1.04. The summed E-state index contributed by atoms with van der Waals surface area (Å²) in [6, 6.07) is 12.9. The maximum absolute atomic E-state index is 13.5. The third kappa shape index (κ3) is 8.37. The summed E-state index contributed by atoms with van der Waals surface area (Å²) < 4.78 is 23.5. The minimum absolute atomic E-state index is 0.0447. The van der Waals surface area contributed by atoms with Gasteiger partial charge >= 0.3 is 12.1 Å². The highest BCUT2D eigenvalue weighted by Gasteiger charge is 2.28. The summed E-state index contributed by atoms with van der Waals surface area (Å²) in [4.78, 5) is 37.4. The normalized spacial score (nSPS) is 12.5. The van der Waals surface area contributed by atoms with Gasteiger partial charge < -0.3 is 20.1 Å². The molecule has 0 aromatic heterocycles. The van der Waals surface area contributed by atoms with Gasteiger partial charge in [-0.25, -0.2) is 14.0 Å². The Hall–Kier alpha value is -3.42. The van der Waals surface area contributed by atoms with Gasteiger partial charge in [0.25, 0.3) is 0 Å². The minimum Gasteiger partial charge on any atom is -0.467 e. The van der Waals surface area contributed by atoms with Crippen LogP contribution in [0.2, 0.25) is 0 Å². The van der Waals surface area contributed by atoms with Gasteiger partial charge in [-0.2, -0.15) is 0 Å². The molecule has 0 saturated heterocycles. The van der Waals surface area contributed by atoms with Gasteiger partial charge in [0, 0.05) is 6.42 Å². The van der Waals surface area contributed by atoms with Crippen LogP contribution in [0.3, 0.4) is 0 Å². The van der Waals surface area contributed by atoms with E-state index in [0.29, 0.717) is 12.0 Å². The lowest BCUT2D eigenvalue weighted by atomic mass is 10.0. The molecule has 0 aliphatic heterocycles. The van der Waals surface area contributed by atoms with Gasteiger partial charge in [0.15, 0.2) is 0 Å². The van der Waals surface area contributed by atoms with Crippen molar-refractivity contribution in [2.24, 2.45) is 5.92 Å². The highest BCUT2D eigenvalue weighted by atomic mass is 19.1. The first-order valence-electron chi connectivity index (χ1n) is 10.4. The summed E-state index contributed by atoms with van der Waals surface area (Å²) >= 11 is 0. The molecule has 2 aromatic rings. The SMILES string of the molecule is COC(=O)[C@H](Cc1cccc(F)c1)NC(=O)[C@H](CC(C)C)NC(=O)OCc1ccccc1. The summed E-state index contributed by atoms with van der Waals surface area (Å²) in [6.07, 6.45) is -0.363. The molecule has 32 heavy (non-hydrogen) atoms. The fraction of sp³-hybridized carbons (Fsp3) is 0.375. The van der Waals surface area contributed by atoms with Crippen molar-refractivity contribution < 1.29 is 28.2 Å². The average molecular weight is 445 g/mol. The highest BCUT2D eigenvalue weighted by Crippen LogP contribution is 2.10. The topological polar surface area (TPSA) is 93.7 Å². The Morgan fingerprint density at radius 2 is 1.62 bits per heavy atom. The van der Waals surface area contributed by atoms with Crippen molar-refractivity contribution >= 4 is 18.0 Å². The van der Waals surface area contributed by atoms with E-state index in [1.807, 2.05) is 44.2 Å². The van der Waals surface area contributed by atoms with E-state index in [2.05, 4.69) is 10.6 Å². The Balaban J connectivity index is 2.04. The zero-order valence-electron chi connectivity index (χ0n) is 18.5. The molecule has 0 spiro atoms. The van der Waals surface area contributed by atoms with Crippen molar-refractivity contribution in [3.8, 4) is 0 Å². The van der Waals surface area contributed by atoms with E-state index in [-0.39, 0.29) is 18.9 Å². The number of alkyl carbamates (subject to hydrolysis) is 1. The highest BCUT2D eigenvalue weighted by molar-refractivity contribution is 5.89. The molecule has 0 aliphatic carbocycles. The molecule has 2 atom stereocenters. The number of carbonyl (C=O) groups is 3. The van der Waals surface area contributed by atoms with E-state index in [9.17, 15) is 18.8 Å². The van der Waals surface area contributed by atoms with Crippen molar-refractivity contribution in [2.75, 3.05) is 7.11 Å². The van der Waals surface area contributed by atoms with Crippen LogP contribution in [0.1, 0.15) is 31.4 Å². The van der Waals surface area contributed by atoms with E-state index >= 15 is 0 Å². The lowest BCUT2D eigenvalue weighted by Gasteiger charge is -2.23. The number of halogens is 1. The Morgan fingerprint density at radius 3 is 2.25 bits per heavy atom. The van der Waals surface area contributed by atoms with Crippen molar-refractivity contribution in [1.82, 2.24) is 10.6 Å². The number of rotatable bonds is 10. The number of ether oxygens (including phenoxy) is 2. The van der Waals surface area contributed by atoms with E-state index in [1.54, 1.807) is 6.07 Å². The van der Waals surface area contributed by atoms with Gasteiger partial charge in [0.05, 0.1) is 7.11 Å². The molecular weight excluding hydrogens is 415 g/mol. The van der Waals surface area contributed by atoms with Crippen molar-refractivity contribution in [3.63, 3.8) is 0 Å². The maximum atomic E-state index is 13.5. The molecule has 172 valence electrons. The monoisotopic (exact) mass is 444 g/mol. The second-order valence-electron chi connectivity index (χ2n) is 7.81. The second-order valence-corrected chi connectivity index (χ2v) is 7.81. The van der Waals surface area contributed by atoms with Crippen LogP contribution in [-0.2, 0) is 32.1 Å². The molecule has 7 nitrogen and oxygen atoms in total. The van der Waals surface area contributed by atoms with Gasteiger partial charge in [-0.3, -0.25) is 4.79 Å². The standard InChI is InChI=1S/C24H29FN2O5/c1-16(2)12-20(27-24(30)32-15-17-8-5-4-6-9-17)22(28)26-21(23(29)31-3)14-18-10-7-11-19(25)13-18/h4-11,13,16,20-21H,12,14-15H2,1-3H3,(H,26,28)(H,27,30)/t20-,21-/m0/s1. The number of nitrogens with one attached hydrogen (secondary N) is 2. The molecule has 0 radical (unpaired) electrons. The Kier molecular flexibility index (Phi) is 9.66. The molecule has 2 amide bonds. The van der Waals surface area contributed by atoms with Crippen LogP contribution in [0.15, 0.2) is 54.6 Å². The quantitative estimate of drug-likeness (QED) is 0.548. The zero-order chi connectivity index (χ0) is 23.5. The number of carbonyl (C=O) groups excluding carboxylic acids is 3. The van der Waals surface area contributed by atoms with Crippen LogP contribution >= 0.6 is 0 Å². The number of methoxy groups -OCH3 is 1. The molecule has 0 aliphatic rings. The van der Waals surface area contributed by atoms with Crippen molar-refractivity contribution in [2.45, 2.75) is 45.4 Å². The van der Waals surface area contributed by atoms with Crippen LogP contribution in [0, 0.1) is 11.7 Å². The Labute approximate surface area is 187 Å². The molecular formula is C24H29FN2O5. The number of hydrogen-bond acceptors (Lipinski definition) is 5. The van der Waals surface area contributed by atoms with E-state index in [0.717, 1.165) is 5.56 Å². The average Bonchev–Trinajstić information content (AvgIpc) is 2.76. The first kappa shape index (κ1) is 24.8. The summed E-state index contributed by atoms with van der Waals surface area (Å²) in [5.74, 6) is -1.59. The van der Waals surface area contributed by atoms with Gasteiger partial charge in [-0.1, -0.05) is 56.3 Å². The van der Waals surface area contributed by atoms with Crippen molar-refractivity contribution in [3.05, 3.63) is 71.5 Å². The van der Waals surface area contributed by atoms with Gasteiger partial charge in [0.2, 0.25) is 5.91 Å². The van der Waals surface area contributed by atoms with Crippen molar-refractivity contribution in [1.29, 1.82) is 0 Å². The number of benzene rings is 2. The summed E-state index contributed by atoms with van der Waals surface area (Å²) in [6.45, 7) is 3.87. The van der Waals surface area contributed by atoms with E-state index in [1.165, 1.54) is 25.3 Å². The third-order valence-electron chi connectivity index (χ3n) is 4.66. The van der Waals surface area contributed by atoms with Crippen LogP contribution in [0.5, 0.6) is 0 Å². The largest absolute Gasteiger partial charge is 0.467 e. The molecule has 2 aromatic carbocycles. The van der Waals surface area contributed by atoms with Crippen LogP contribution in [-0.4, -0.2) is 37.2 Å². The van der Waals surface area contributed by atoms with E-state index < -0.39 is 35.9 Å². The molecule has 0 heterocycles. The molecule has 0 bridgehead atoms. The first-order valence-corrected chi connectivity index (χ1v) is 10.4. The van der Waals surface area contributed by atoms with Gasteiger partial charge in [-0.05, 0) is 35.6 Å². The third-order valence-corrected chi connectivity index (χ3v) is 4.66. The molecule has 2 rings (SSSR count). The number of amides is 2. The smallest absolute Gasteiger partial charge is 0.408 e. The van der Waals surface area contributed by atoms with Gasteiger partial charge in [0.1, 0.15) is 24.5 Å². The predicted octanol–water partition coefficient (Wildman–Crippen LogP) is 3.37. The maximum Gasteiger partial charge on any atom is 0.408 e. The summed E-state index contributed by atoms with van der Waals surface area (Å²) in [5, 5.41) is 5.18. The summed E-state index contributed by atoms with van der Waals surface area (Å²) in [5.41, 5.74) is 1.34. The van der Waals surface area contributed by atoms with Gasteiger partial charge in [-0.15, -0.1) is 0 Å². The molecule has 2 N–H and O–H groups in total. The zero-order valence-corrected chi connectivity index (χ0v) is 18.5. The second kappa shape index (κ2) is 12.4. The molecule has 0 unspecified atom stereocenters. The van der Waals surface area contributed by atoms with Crippen LogP contribution in [0.4, 0.5) is 9.18 Å². The Morgan fingerprint density at radius 1 is 0.938 bits per heavy atom. The summed E-state index contributed by atoms with van der Waals surface area (Å²) in [7, 11) is 1.21. The Bertz CT molecular complexity index is 904. The van der Waals surface area contributed by atoms with Crippen LogP contribution in [0.25, 0.3) is 0 Å². The van der Waals surface area contributed by atoms with E-state index in [4.69, 9.17) is 9.47 Å².